The van der Waals surface area contributed by atoms with Gasteiger partial charge in [0.25, 0.3) is 0 Å². The van der Waals surface area contributed by atoms with Crippen molar-refractivity contribution in [3.05, 3.63) is 33.8 Å². The Morgan fingerprint density at radius 3 is 2.87 bits per heavy atom. The Labute approximate surface area is 100 Å². The van der Waals surface area contributed by atoms with Crippen LogP contribution >= 0.6 is 15.9 Å². The van der Waals surface area contributed by atoms with E-state index in [1.165, 1.54) is 11.1 Å². The van der Waals surface area contributed by atoms with Crippen LogP contribution in [0.3, 0.4) is 0 Å². The fourth-order valence-corrected chi connectivity index (χ4v) is 1.74. The summed E-state index contributed by atoms with van der Waals surface area (Å²) in [7, 11) is 0. The first kappa shape index (κ1) is 12.3. The van der Waals surface area contributed by atoms with Crippen LogP contribution < -0.4 is 5.73 Å². The van der Waals surface area contributed by atoms with Crippen LogP contribution in [0.4, 0.5) is 0 Å². The normalized spacial score (nSPS) is 12.1. The fourth-order valence-electron chi connectivity index (χ4n) is 1.49. The molecule has 0 radical (unpaired) electrons. The van der Waals surface area contributed by atoms with Crippen LogP contribution in [0.1, 0.15) is 36.4 Å². The number of rotatable bonds is 4. The van der Waals surface area contributed by atoms with Gasteiger partial charge in [0.1, 0.15) is 0 Å². The van der Waals surface area contributed by atoms with Crippen molar-refractivity contribution in [3.63, 3.8) is 0 Å². The van der Waals surface area contributed by atoms with Crippen molar-refractivity contribution in [2.75, 3.05) is 0 Å². The van der Waals surface area contributed by atoms with Gasteiger partial charge in [0.15, 0.2) is 0 Å². The minimum Gasteiger partial charge on any atom is -0.324 e. The van der Waals surface area contributed by atoms with Gasteiger partial charge in [-0.2, -0.15) is 0 Å². The summed E-state index contributed by atoms with van der Waals surface area (Å²) in [6.07, 6.45) is 7.95. The zero-order chi connectivity index (χ0) is 11.3. The van der Waals surface area contributed by atoms with Gasteiger partial charge in [0.2, 0.25) is 0 Å². The van der Waals surface area contributed by atoms with Gasteiger partial charge in [0.05, 0.1) is 0 Å². The molecule has 15 heavy (non-hydrogen) atoms. The molecule has 0 aliphatic rings. The van der Waals surface area contributed by atoms with E-state index in [9.17, 15) is 0 Å². The van der Waals surface area contributed by atoms with Crippen LogP contribution in [0.2, 0.25) is 0 Å². The lowest BCUT2D eigenvalue weighted by Gasteiger charge is -2.12. The van der Waals surface area contributed by atoms with Gasteiger partial charge in [-0.05, 0) is 37.0 Å². The van der Waals surface area contributed by atoms with Gasteiger partial charge in [-0.1, -0.05) is 28.1 Å². The number of hydrogen-bond acceptors (Lipinski definition) is 1. The molecule has 0 heterocycles. The van der Waals surface area contributed by atoms with Crippen molar-refractivity contribution in [1.29, 1.82) is 0 Å². The van der Waals surface area contributed by atoms with Gasteiger partial charge in [-0.25, -0.2) is 0 Å². The van der Waals surface area contributed by atoms with Crippen LogP contribution in [0, 0.1) is 19.3 Å². The lowest BCUT2D eigenvalue weighted by atomic mass is 10.0. The molecule has 0 saturated heterocycles. The number of hydrogen-bond donors (Lipinski definition) is 1. The summed E-state index contributed by atoms with van der Waals surface area (Å²) < 4.78 is 1.13. The van der Waals surface area contributed by atoms with Gasteiger partial charge in [-0.3, -0.25) is 0 Å². The molecule has 0 aliphatic heterocycles. The summed E-state index contributed by atoms with van der Waals surface area (Å²) in [5.74, 6) is 2.63. The van der Waals surface area contributed by atoms with Crippen LogP contribution in [0.5, 0.6) is 0 Å². The number of halogens is 1. The summed E-state index contributed by atoms with van der Waals surface area (Å²) in [6.45, 7) is 2.07. The molecule has 2 N–H and O–H groups in total. The molecule has 1 aromatic rings. The second-order valence-corrected chi connectivity index (χ2v) is 4.57. The molecular formula is C13H16BrN. The molecule has 1 aromatic carbocycles. The molecular weight excluding hydrogens is 250 g/mol. The number of unbranched alkanes of at least 4 members (excludes halogenated alkanes) is 1. The van der Waals surface area contributed by atoms with E-state index in [0.717, 1.165) is 23.7 Å². The molecule has 80 valence electrons. The third kappa shape index (κ3) is 3.70. The topological polar surface area (TPSA) is 26.0 Å². The molecule has 0 bridgehead atoms. The van der Waals surface area contributed by atoms with Crippen molar-refractivity contribution in [2.24, 2.45) is 5.73 Å². The predicted octanol–water partition coefficient (Wildman–Crippen LogP) is 3.56. The quantitative estimate of drug-likeness (QED) is 0.654. The monoisotopic (exact) mass is 265 g/mol. The lowest BCUT2D eigenvalue weighted by molar-refractivity contribution is 0.620. The van der Waals surface area contributed by atoms with Crippen LogP contribution in [-0.2, 0) is 0 Å². The zero-order valence-corrected chi connectivity index (χ0v) is 10.5. The first-order valence-corrected chi connectivity index (χ1v) is 5.89. The minimum atomic E-state index is 0.102. The molecule has 0 spiro atoms. The average Bonchev–Trinajstić information content (AvgIpc) is 2.22. The van der Waals surface area contributed by atoms with E-state index in [1.807, 2.05) is 6.07 Å². The van der Waals surface area contributed by atoms with Crippen molar-refractivity contribution in [1.82, 2.24) is 0 Å². The maximum atomic E-state index is 6.07. The first-order chi connectivity index (χ1) is 7.15. The van der Waals surface area contributed by atoms with Gasteiger partial charge in [-0.15, -0.1) is 12.3 Å². The predicted molar refractivity (Wildman–Crippen MR) is 68.5 cm³/mol. The van der Waals surface area contributed by atoms with E-state index in [-0.39, 0.29) is 6.04 Å². The Morgan fingerprint density at radius 1 is 1.53 bits per heavy atom. The smallest absolute Gasteiger partial charge is 0.0295 e. The van der Waals surface area contributed by atoms with Crippen molar-refractivity contribution < 1.29 is 0 Å². The Kier molecular flexibility index (Phi) is 4.87. The minimum absolute atomic E-state index is 0.102. The molecule has 0 aliphatic carbocycles. The van der Waals surface area contributed by atoms with Gasteiger partial charge >= 0.3 is 0 Å². The molecule has 2 heteroatoms. The van der Waals surface area contributed by atoms with E-state index < -0.39 is 0 Å². The molecule has 1 nitrogen and oxygen atoms in total. The van der Waals surface area contributed by atoms with E-state index in [4.69, 9.17) is 12.2 Å². The maximum absolute atomic E-state index is 6.07. The summed E-state index contributed by atoms with van der Waals surface area (Å²) in [4.78, 5) is 0. The van der Waals surface area contributed by atoms with Crippen LogP contribution in [-0.4, -0.2) is 0 Å². The van der Waals surface area contributed by atoms with E-state index in [1.54, 1.807) is 0 Å². The number of benzene rings is 1. The van der Waals surface area contributed by atoms with Crippen molar-refractivity contribution in [2.45, 2.75) is 32.2 Å². The van der Waals surface area contributed by atoms with E-state index >= 15 is 0 Å². The third-order valence-electron chi connectivity index (χ3n) is 2.45. The molecule has 1 unspecified atom stereocenters. The Bertz CT molecular complexity index is 365. The summed E-state index contributed by atoms with van der Waals surface area (Å²) in [6, 6.07) is 6.35. The largest absolute Gasteiger partial charge is 0.324 e. The van der Waals surface area contributed by atoms with Crippen LogP contribution in [0.15, 0.2) is 22.7 Å². The number of terminal acetylenes is 1. The Morgan fingerprint density at radius 2 is 2.27 bits per heavy atom. The molecule has 0 fully saturated rings. The lowest BCUT2D eigenvalue weighted by Crippen LogP contribution is -2.10. The Balaban J connectivity index is 2.62. The zero-order valence-electron chi connectivity index (χ0n) is 8.96. The average molecular weight is 266 g/mol. The summed E-state index contributed by atoms with van der Waals surface area (Å²) in [5.41, 5.74) is 8.48. The van der Waals surface area contributed by atoms with E-state index in [0.29, 0.717) is 0 Å². The highest BCUT2D eigenvalue weighted by molar-refractivity contribution is 9.10. The number of aryl methyl sites for hydroxylation is 1. The molecule has 0 aromatic heterocycles. The van der Waals surface area contributed by atoms with Crippen molar-refractivity contribution >= 4 is 15.9 Å². The Hall–Kier alpha value is -0.780. The second kappa shape index (κ2) is 5.95. The molecule has 1 rings (SSSR count). The van der Waals surface area contributed by atoms with E-state index in [2.05, 4.69) is 40.9 Å². The van der Waals surface area contributed by atoms with Crippen molar-refractivity contribution in [3.8, 4) is 12.3 Å². The standard InChI is InChI=1S/C13H16BrN/c1-3-4-5-6-13(15)11-7-8-12(14)10(2)9-11/h1,7-9,13H,4-6,15H2,2H3. The second-order valence-electron chi connectivity index (χ2n) is 3.71. The van der Waals surface area contributed by atoms with Gasteiger partial charge < -0.3 is 5.73 Å². The third-order valence-corrected chi connectivity index (χ3v) is 3.34. The highest BCUT2D eigenvalue weighted by atomic mass is 79.9. The van der Waals surface area contributed by atoms with Gasteiger partial charge in [0, 0.05) is 16.9 Å². The SMILES string of the molecule is C#CCCCC(N)c1ccc(Br)c(C)c1. The maximum Gasteiger partial charge on any atom is 0.0295 e. The summed E-state index contributed by atoms with van der Waals surface area (Å²) in [5, 5.41) is 0. The highest BCUT2D eigenvalue weighted by Crippen LogP contribution is 2.22. The van der Waals surface area contributed by atoms with Crippen LogP contribution in [0.25, 0.3) is 0 Å². The molecule has 0 saturated carbocycles. The first-order valence-electron chi connectivity index (χ1n) is 5.10. The molecule has 0 amide bonds. The number of nitrogens with two attached hydrogens (primary N) is 1. The fraction of sp³-hybridized carbons (Fsp3) is 0.385. The highest BCUT2D eigenvalue weighted by Gasteiger charge is 2.06. The summed E-state index contributed by atoms with van der Waals surface area (Å²) >= 11 is 3.47. The molecule has 1 atom stereocenters.